The Morgan fingerprint density at radius 3 is 2.90 bits per heavy atom. The minimum atomic E-state index is -0.257. The molecule has 0 radical (unpaired) electrons. The van der Waals surface area contributed by atoms with Crippen LogP contribution in [0.15, 0.2) is 24.3 Å². The van der Waals surface area contributed by atoms with Crippen molar-refractivity contribution < 1.29 is 9.90 Å². The quantitative estimate of drug-likeness (QED) is 0.765. The Labute approximate surface area is 120 Å². The van der Waals surface area contributed by atoms with E-state index in [1.807, 2.05) is 24.3 Å². The van der Waals surface area contributed by atoms with Crippen LogP contribution in [0.5, 0.6) is 0 Å². The van der Waals surface area contributed by atoms with Crippen LogP contribution in [0.2, 0.25) is 0 Å². The zero-order valence-electron chi connectivity index (χ0n) is 12.1. The number of carbonyl (C=O) groups is 1. The lowest BCUT2D eigenvalue weighted by Crippen LogP contribution is -2.50. The Hall–Kier alpha value is -1.39. The predicted octanol–water partition coefficient (Wildman–Crippen LogP) is 1.57. The van der Waals surface area contributed by atoms with E-state index in [-0.39, 0.29) is 17.9 Å². The van der Waals surface area contributed by atoms with E-state index in [1.165, 1.54) is 0 Å². The van der Waals surface area contributed by atoms with Crippen molar-refractivity contribution in [2.24, 2.45) is 5.41 Å². The van der Waals surface area contributed by atoms with Gasteiger partial charge in [0.25, 0.3) is 0 Å². The second kappa shape index (κ2) is 6.86. The highest BCUT2D eigenvalue weighted by Gasteiger charge is 2.37. The van der Waals surface area contributed by atoms with Gasteiger partial charge in [0.1, 0.15) is 0 Å². The number of nitrogens with one attached hydrogen (secondary N) is 2. The molecule has 20 heavy (non-hydrogen) atoms. The molecule has 4 nitrogen and oxygen atoms in total. The molecular weight excluding hydrogens is 252 g/mol. The van der Waals surface area contributed by atoms with Crippen molar-refractivity contribution in [2.75, 3.05) is 13.1 Å². The van der Waals surface area contributed by atoms with E-state index in [2.05, 4.69) is 17.6 Å². The molecule has 2 rings (SSSR count). The maximum Gasteiger partial charge on any atom is 0.227 e. The number of benzene rings is 1. The summed E-state index contributed by atoms with van der Waals surface area (Å²) in [6.45, 7) is 4.41. The fraction of sp³-hybridized carbons (Fsp3) is 0.562. The molecule has 1 aromatic rings. The molecule has 1 atom stereocenters. The van der Waals surface area contributed by atoms with Crippen LogP contribution in [0, 0.1) is 5.41 Å². The Morgan fingerprint density at radius 2 is 2.25 bits per heavy atom. The van der Waals surface area contributed by atoms with E-state index in [9.17, 15) is 4.79 Å². The van der Waals surface area contributed by atoms with E-state index in [4.69, 9.17) is 5.11 Å². The normalized spacial score (nSPS) is 22.5. The highest BCUT2D eigenvalue weighted by atomic mass is 16.3. The fourth-order valence-corrected chi connectivity index (χ4v) is 2.83. The first-order valence-corrected chi connectivity index (χ1v) is 7.38. The molecule has 1 heterocycles. The molecule has 0 saturated carbocycles. The molecule has 1 aromatic carbocycles. The maximum absolute atomic E-state index is 12.5. The Bertz CT molecular complexity index is 454. The van der Waals surface area contributed by atoms with E-state index in [1.54, 1.807) is 0 Å². The van der Waals surface area contributed by atoms with Gasteiger partial charge in [-0.25, -0.2) is 0 Å². The third-order valence-electron chi connectivity index (χ3n) is 4.26. The number of aliphatic hydroxyl groups is 1. The largest absolute Gasteiger partial charge is 0.392 e. The zero-order chi connectivity index (χ0) is 14.4. The lowest BCUT2D eigenvalue weighted by molar-refractivity contribution is -0.132. The average molecular weight is 276 g/mol. The third kappa shape index (κ3) is 3.38. The molecule has 1 unspecified atom stereocenters. The first kappa shape index (κ1) is 15.0. The van der Waals surface area contributed by atoms with Gasteiger partial charge in [0.15, 0.2) is 0 Å². The van der Waals surface area contributed by atoms with Crippen LogP contribution in [0.4, 0.5) is 0 Å². The highest BCUT2D eigenvalue weighted by molar-refractivity contribution is 5.83. The smallest absolute Gasteiger partial charge is 0.227 e. The Kier molecular flexibility index (Phi) is 5.15. The molecule has 0 aromatic heterocycles. The van der Waals surface area contributed by atoms with Gasteiger partial charge in [-0.3, -0.25) is 4.79 Å². The summed E-state index contributed by atoms with van der Waals surface area (Å²) in [6, 6.07) is 7.68. The SMILES string of the molecule is CCC1(C(=O)NCc2cccc(CO)c2)CCCNC1. The van der Waals surface area contributed by atoms with Crippen LogP contribution in [0.3, 0.4) is 0 Å². The molecule has 1 saturated heterocycles. The van der Waals surface area contributed by atoms with Gasteiger partial charge in [-0.15, -0.1) is 0 Å². The molecule has 3 N–H and O–H groups in total. The van der Waals surface area contributed by atoms with Crippen LogP contribution >= 0.6 is 0 Å². The van der Waals surface area contributed by atoms with Crippen molar-refractivity contribution in [1.29, 1.82) is 0 Å². The van der Waals surface area contributed by atoms with Crippen LogP contribution in [0.1, 0.15) is 37.3 Å². The van der Waals surface area contributed by atoms with Crippen LogP contribution in [-0.4, -0.2) is 24.1 Å². The van der Waals surface area contributed by atoms with Gasteiger partial charge in [-0.05, 0) is 36.9 Å². The maximum atomic E-state index is 12.5. The number of amides is 1. The number of piperidine rings is 1. The molecule has 1 aliphatic heterocycles. The second-order valence-electron chi connectivity index (χ2n) is 5.57. The first-order chi connectivity index (χ1) is 9.70. The van der Waals surface area contributed by atoms with Crippen LogP contribution in [-0.2, 0) is 17.9 Å². The van der Waals surface area contributed by atoms with Gasteiger partial charge < -0.3 is 15.7 Å². The first-order valence-electron chi connectivity index (χ1n) is 7.38. The summed E-state index contributed by atoms with van der Waals surface area (Å²) in [5.74, 6) is 0.140. The van der Waals surface area contributed by atoms with E-state index < -0.39 is 0 Å². The van der Waals surface area contributed by atoms with Crippen LogP contribution in [0.25, 0.3) is 0 Å². The molecule has 0 bridgehead atoms. The zero-order valence-corrected chi connectivity index (χ0v) is 12.1. The van der Waals surface area contributed by atoms with Gasteiger partial charge in [0, 0.05) is 13.1 Å². The van der Waals surface area contributed by atoms with E-state index >= 15 is 0 Å². The second-order valence-corrected chi connectivity index (χ2v) is 5.57. The van der Waals surface area contributed by atoms with Gasteiger partial charge >= 0.3 is 0 Å². The molecule has 1 fully saturated rings. The molecule has 0 spiro atoms. The number of aliphatic hydroxyl groups excluding tert-OH is 1. The summed E-state index contributed by atoms with van der Waals surface area (Å²) >= 11 is 0. The van der Waals surface area contributed by atoms with E-state index in [0.29, 0.717) is 6.54 Å². The van der Waals surface area contributed by atoms with Gasteiger partial charge in [0.2, 0.25) is 5.91 Å². The summed E-state index contributed by atoms with van der Waals surface area (Å²) in [4.78, 5) is 12.5. The molecule has 1 aliphatic rings. The van der Waals surface area contributed by atoms with Crippen molar-refractivity contribution in [3.63, 3.8) is 0 Å². The minimum absolute atomic E-state index is 0.0323. The van der Waals surface area contributed by atoms with Gasteiger partial charge in [-0.2, -0.15) is 0 Å². The minimum Gasteiger partial charge on any atom is -0.392 e. The molecular formula is C16H24N2O2. The Morgan fingerprint density at radius 1 is 1.45 bits per heavy atom. The van der Waals surface area contributed by atoms with Crippen molar-refractivity contribution in [2.45, 2.75) is 39.3 Å². The Balaban J connectivity index is 1.96. The van der Waals surface area contributed by atoms with Gasteiger partial charge in [0.05, 0.1) is 12.0 Å². The predicted molar refractivity (Wildman–Crippen MR) is 79.0 cm³/mol. The number of hydrogen-bond acceptors (Lipinski definition) is 3. The van der Waals surface area contributed by atoms with Crippen molar-refractivity contribution >= 4 is 5.91 Å². The summed E-state index contributed by atoms with van der Waals surface area (Å²) in [6.07, 6.45) is 2.88. The topological polar surface area (TPSA) is 61.4 Å². The monoisotopic (exact) mass is 276 g/mol. The average Bonchev–Trinajstić information content (AvgIpc) is 2.53. The van der Waals surface area contributed by atoms with Crippen LogP contribution < -0.4 is 10.6 Å². The summed E-state index contributed by atoms with van der Waals surface area (Å²) in [7, 11) is 0. The molecule has 110 valence electrons. The van der Waals surface area contributed by atoms with Gasteiger partial charge in [-0.1, -0.05) is 31.2 Å². The number of carbonyl (C=O) groups excluding carboxylic acids is 1. The summed E-state index contributed by atoms with van der Waals surface area (Å²) < 4.78 is 0. The standard InChI is InChI=1S/C16H24N2O2/c1-2-16(7-4-8-17-12-16)15(20)18-10-13-5-3-6-14(9-13)11-19/h3,5-6,9,17,19H,2,4,7-8,10-12H2,1H3,(H,18,20). The highest BCUT2D eigenvalue weighted by Crippen LogP contribution is 2.30. The summed E-state index contributed by atoms with van der Waals surface area (Å²) in [5, 5.41) is 15.5. The lowest BCUT2D eigenvalue weighted by Gasteiger charge is -2.35. The van der Waals surface area contributed by atoms with E-state index in [0.717, 1.165) is 43.5 Å². The third-order valence-corrected chi connectivity index (χ3v) is 4.26. The number of hydrogen-bond donors (Lipinski definition) is 3. The molecule has 4 heteroatoms. The summed E-state index contributed by atoms with van der Waals surface area (Å²) in [5.41, 5.74) is 1.65. The molecule has 1 amide bonds. The van der Waals surface area contributed by atoms with Crippen molar-refractivity contribution in [3.8, 4) is 0 Å². The number of rotatable bonds is 5. The molecule has 0 aliphatic carbocycles. The van der Waals surface area contributed by atoms with Crippen molar-refractivity contribution in [3.05, 3.63) is 35.4 Å². The van der Waals surface area contributed by atoms with Crippen molar-refractivity contribution in [1.82, 2.24) is 10.6 Å². The lowest BCUT2D eigenvalue weighted by atomic mass is 9.77. The fourth-order valence-electron chi connectivity index (χ4n) is 2.83.